The number of para-hydroxylation sites is 1. The van der Waals surface area contributed by atoms with Crippen LogP contribution in [0.3, 0.4) is 0 Å². The average molecular weight is 287 g/mol. The summed E-state index contributed by atoms with van der Waals surface area (Å²) < 4.78 is 2.51. The predicted molar refractivity (Wildman–Crippen MR) is 93.4 cm³/mol. The van der Waals surface area contributed by atoms with E-state index in [-0.39, 0.29) is 5.41 Å². The SMILES string of the molecule is C=C[C@]1(C)CCc2c1n(Cc1ccccc1)c1ccccc21. The van der Waals surface area contributed by atoms with E-state index in [1.165, 1.54) is 34.1 Å². The predicted octanol–water partition coefficient (Wildman–Crippen LogP) is 5.08. The summed E-state index contributed by atoms with van der Waals surface area (Å²) in [4.78, 5) is 0. The average Bonchev–Trinajstić information content (AvgIpc) is 3.07. The highest BCUT2D eigenvalue weighted by molar-refractivity contribution is 5.87. The molecule has 1 atom stereocenters. The Kier molecular flexibility index (Phi) is 2.97. The summed E-state index contributed by atoms with van der Waals surface area (Å²) >= 11 is 0. The van der Waals surface area contributed by atoms with Gasteiger partial charge in [0, 0.05) is 28.6 Å². The van der Waals surface area contributed by atoms with Crippen molar-refractivity contribution in [2.75, 3.05) is 0 Å². The van der Waals surface area contributed by atoms with Crippen molar-refractivity contribution < 1.29 is 0 Å². The zero-order chi connectivity index (χ0) is 15.2. The van der Waals surface area contributed by atoms with Crippen molar-refractivity contribution in [1.82, 2.24) is 4.57 Å². The second kappa shape index (κ2) is 4.88. The molecule has 1 aromatic heterocycles. The first kappa shape index (κ1) is 13.4. The Bertz CT molecular complexity index is 841. The summed E-state index contributed by atoms with van der Waals surface area (Å²) in [5.41, 5.74) is 5.78. The molecule has 1 heterocycles. The highest BCUT2D eigenvalue weighted by Gasteiger charge is 2.36. The second-order valence-corrected chi connectivity index (χ2v) is 6.54. The third-order valence-electron chi connectivity index (χ3n) is 5.15. The standard InChI is InChI=1S/C21H21N/c1-3-21(2)14-13-18-17-11-7-8-12-19(17)22(20(18)21)15-16-9-5-4-6-10-16/h3-12H,1,13-15H2,2H3/t21-/m1/s1. The van der Waals surface area contributed by atoms with E-state index in [1.807, 2.05) is 0 Å². The zero-order valence-electron chi connectivity index (χ0n) is 13.0. The highest BCUT2D eigenvalue weighted by Crippen LogP contribution is 2.44. The Morgan fingerprint density at radius 2 is 1.82 bits per heavy atom. The van der Waals surface area contributed by atoms with Gasteiger partial charge in [-0.3, -0.25) is 0 Å². The number of fused-ring (bicyclic) bond motifs is 3. The van der Waals surface area contributed by atoms with E-state index < -0.39 is 0 Å². The Labute approximate surface area is 131 Å². The molecule has 0 spiro atoms. The van der Waals surface area contributed by atoms with Crippen LogP contribution in [0.15, 0.2) is 67.3 Å². The zero-order valence-corrected chi connectivity index (χ0v) is 13.0. The second-order valence-electron chi connectivity index (χ2n) is 6.54. The van der Waals surface area contributed by atoms with Crippen LogP contribution in [0.2, 0.25) is 0 Å². The fourth-order valence-corrected chi connectivity index (χ4v) is 3.91. The van der Waals surface area contributed by atoms with Gasteiger partial charge in [-0.25, -0.2) is 0 Å². The molecule has 0 N–H and O–H groups in total. The van der Waals surface area contributed by atoms with E-state index in [9.17, 15) is 0 Å². The molecule has 22 heavy (non-hydrogen) atoms. The number of benzene rings is 2. The van der Waals surface area contributed by atoms with Gasteiger partial charge in [0.05, 0.1) is 0 Å². The van der Waals surface area contributed by atoms with Gasteiger partial charge in [0.15, 0.2) is 0 Å². The molecule has 0 amide bonds. The van der Waals surface area contributed by atoms with E-state index in [1.54, 1.807) is 0 Å². The molecule has 0 saturated carbocycles. The minimum absolute atomic E-state index is 0.0864. The van der Waals surface area contributed by atoms with Crippen molar-refractivity contribution in [3.63, 3.8) is 0 Å². The van der Waals surface area contributed by atoms with E-state index in [0.717, 1.165) is 13.0 Å². The molecule has 4 rings (SSSR count). The van der Waals surface area contributed by atoms with Gasteiger partial charge in [0.25, 0.3) is 0 Å². The van der Waals surface area contributed by atoms with Crippen molar-refractivity contribution in [2.45, 2.75) is 31.7 Å². The summed E-state index contributed by atoms with van der Waals surface area (Å²) in [5, 5.41) is 1.42. The van der Waals surface area contributed by atoms with Gasteiger partial charge in [0.1, 0.15) is 0 Å². The fraction of sp³-hybridized carbons (Fsp3) is 0.238. The highest BCUT2D eigenvalue weighted by atomic mass is 15.0. The Hall–Kier alpha value is -2.28. The van der Waals surface area contributed by atoms with Crippen LogP contribution in [0.25, 0.3) is 10.9 Å². The third-order valence-corrected chi connectivity index (χ3v) is 5.15. The number of nitrogens with zero attached hydrogens (tertiary/aromatic N) is 1. The van der Waals surface area contributed by atoms with E-state index in [2.05, 4.69) is 78.7 Å². The van der Waals surface area contributed by atoms with Crippen LogP contribution in [-0.2, 0) is 18.4 Å². The Morgan fingerprint density at radius 3 is 2.59 bits per heavy atom. The maximum atomic E-state index is 4.12. The largest absolute Gasteiger partial charge is 0.339 e. The molecule has 1 heteroatoms. The maximum absolute atomic E-state index is 4.12. The monoisotopic (exact) mass is 287 g/mol. The molecule has 2 aromatic carbocycles. The molecule has 1 aliphatic carbocycles. The summed E-state index contributed by atoms with van der Waals surface area (Å²) in [6, 6.07) is 19.5. The van der Waals surface area contributed by atoms with Crippen molar-refractivity contribution in [3.05, 3.63) is 84.1 Å². The van der Waals surface area contributed by atoms with Crippen molar-refractivity contribution >= 4 is 10.9 Å². The first-order valence-corrected chi connectivity index (χ1v) is 8.01. The maximum Gasteiger partial charge on any atom is 0.0488 e. The number of aromatic nitrogens is 1. The van der Waals surface area contributed by atoms with Gasteiger partial charge in [-0.15, -0.1) is 6.58 Å². The van der Waals surface area contributed by atoms with Crippen molar-refractivity contribution in [3.8, 4) is 0 Å². The molecular weight excluding hydrogens is 266 g/mol. The smallest absolute Gasteiger partial charge is 0.0488 e. The van der Waals surface area contributed by atoms with Crippen molar-refractivity contribution in [2.24, 2.45) is 0 Å². The van der Waals surface area contributed by atoms with Gasteiger partial charge >= 0.3 is 0 Å². The molecule has 1 aliphatic rings. The first-order chi connectivity index (χ1) is 10.7. The fourth-order valence-electron chi connectivity index (χ4n) is 3.91. The number of allylic oxidation sites excluding steroid dienone is 1. The lowest BCUT2D eigenvalue weighted by atomic mass is 9.88. The quantitative estimate of drug-likeness (QED) is 0.592. The summed E-state index contributed by atoms with van der Waals surface area (Å²) in [6.07, 6.45) is 4.46. The summed E-state index contributed by atoms with van der Waals surface area (Å²) in [6.45, 7) is 7.37. The lowest BCUT2D eigenvalue weighted by molar-refractivity contribution is 0.547. The Morgan fingerprint density at radius 1 is 1.09 bits per heavy atom. The Balaban J connectivity index is 1.97. The van der Waals surface area contributed by atoms with Gasteiger partial charge in [-0.2, -0.15) is 0 Å². The molecule has 0 fully saturated rings. The molecule has 0 aliphatic heterocycles. The number of hydrogen-bond acceptors (Lipinski definition) is 0. The third kappa shape index (κ3) is 1.85. The van der Waals surface area contributed by atoms with E-state index >= 15 is 0 Å². The van der Waals surface area contributed by atoms with Crippen LogP contribution < -0.4 is 0 Å². The van der Waals surface area contributed by atoms with Gasteiger partial charge < -0.3 is 4.57 Å². The molecule has 0 unspecified atom stereocenters. The topological polar surface area (TPSA) is 4.93 Å². The van der Waals surface area contributed by atoms with Crippen molar-refractivity contribution in [1.29, 1.82) is 0 Å². The van der Waals surface area contributed by atoms with Crippen LogP contribution in [0.1, 0.15) is 30.2 Å². The van der Waals surface area contributed by atoms with Crippen LogP contribution in [0.5, 0.6) is 0 Å². The van der Waals surface area contributed by atoms with E-state index in [4.69, 9.17) is 0 Å². The summed E-state index contributed by atoms with van der Waals surface area (Å²) in [7, 11) is 0. The number of rotatable bonds is 3. The molecular formula is C21H21N. The molecule has 110 valence electrons. The normalized spacial score (nSPS) is 20.2. The number of hydrogen-bond donors (Lipinski definition) is 0. The summed E-state index contributed by atoms with van der Waals surface area (Å²) in [5.74, 6) is 0. The lowest BCUT2D eigenvalue weighted by Gasteiger charge is -2.23. The lowest BCUT2D eigenvalue weighted by Crippen LogP contribution is -2.20. The van der Waals surface area contributed by atoms with Crippen LogP contribution in [-0.4, -0.2) is 4.57 Å². The molecule has 0 bridgehead atoms. The van der Waals surface area contributed by atoms with Gasteiger partial charge in [-0.1, -0.05) is 61.5 Å². The first-order valence-electron chi connectivity index (χ1n) is 8.01. The van der Waals surface area contributed by atoms with Crippen LogP contribution in [0.4, 0.5) is 0 Å². The minimum Gasteiger partial charge on any atom is -0.339 e. The van der Waals surface area contributed by atoms with Gasteiger partial charge in [-0.05, 0) is 30.0 Å². The molecule has 0 radical (unpaired) electrons. The molecule has 0 saturated heterocycles. The van der Waals surface area contributed by atoms with Crippen LogP contribution >= 0.6 is 0 Å². The molecule has 1 nitrogen and oxygen atoms in total. The molecule has 3 aromatic rings. The number of aryl methyl sites for hydroxylation is 1. The van der Waals surface area contributed by atoms with Crippen LogP contribution in [0, 0.1) is 0 Å². The minimum atomic E-state index is 0.0864. The van der Waals surface area contributed by atoms with Gasteiger partial charge in [0.2, 0.25) is 0 Å². The van der Waals surface area contributed by atoms with E-state index in [0.29, 0.717) is 0 Å².